The Morgan fingerprint density at radius 3 is 2.68 bits per heavy atom. The second kappa shape index (κ2) is 9.96. The Hall–Kier alpha value is -3.85. The van der Waals surface area contributed by atoms with Crippen LogP contribution in [0, 0.1) is 12.8 Å². The monoisotopic (exact) mass is 476 g/mol. The molecule has 0 aliphatic carbocycles. The maximum absolute atomic E-state index is 12.6. The number of nitrogens with zero attached hydrogens (tertiary/aromatic N) is 3. The van der Waals surface area contributed by atoms with Crippen molar-refractivity contribution in [3.05, 3.63) is 92.3 Å². The standard InChI is InChI=1S/C25H24N4O4S/c1-15(2)11-21-28-29-22(30)13-19(27-25(29)34-21)14-33-24(32)17-8-6-9-18(12-17)26-23(31)20-10-5-4-7-16(20)3/h4-10,12-13,15H,11,14H2,1-3H3,(H,26,31). The van der Waals surface area contributed by atoms with Crippen molar-refractivity contribution >= 4 is 33.9 Å². The zero-order valence-corrected chi connectivity index (χ0v) is 19.9. The van der Waals surface area contributed by atoms with E-state index in [-0.39, 0.29) is 23.6 Å². The van der Waals surface area contributed by atoms with Gasteiger partial charge < -0.3 is 10.1 Å². The number of nitrogens with one attached hydrogen (secondary N) is 1. The average Bonchev–Trinajstić information content (AvgIpc) is 3.20. The third-order valence-electron chi connectivity index (χ3n) is 5.02. The first kappa shape index (κ1) is 23.3. The quantitative estimate of drug-likeness (QED) is 0.400. The predicted octanol–water partition coefficient (Wildman–Crippen LogP) is 4.27. The highest BCUT2D eigenvalue weighted by Gasteiger charge is 2.14. The van der Waals surface area contributed by atoms with Gasteiger partial charge in [-0.1, -0.05) is 49.4 Å². The van der Waals surface area contributed by atoms with Gasteiger partial charge in [-0.3, -0.25) is 9.59 Å². The molecule has 4 rings (SSSR count). The van der Waals surface area contributed by atoms with Crippen molar-refractivity contribution in [1.82, 2.24) is 14.6 Å². The van der Waals surface area contributed by atoms with Crippen LogP contribution < -0.4 is 10.9 Å². The fraction of sp³-hybridized carbons (Fsp3) is 0.240. The fourth-order valence-corrected chi connectivity index (χ4v) is 4.50. The summed E-state index contributed by atoms with van der Waals surface area (Å²) in [6.45, 7) is 5.87. The van der Waals surface area contributed by atoms with Gasteiger partial charge in [0, 0.05) is 23.7 Å². The number of hydrogen-bond acceptors (Lipinski definition) is 7. The SMILES string of the molecule is Cc1ccccc1C(=O)Nc1cccc(C(=O)OCc2cc(=O)n3nc(CC(C)C)sc3n2)c1. The first-order chi connectivity index (χ1) is 16.3. The van der Waals surface area contributed by atoms with Crippen LogP contribution >= 0.6 is 11.3 Å². The van der Waals surface area contributed by atoms with Crippen molar-refractivity contribution in [3.8, 4) is 0 Å². The summed E-state index contributed by atoms with van der Waals surface area (Å²) in [4.78, 5) is 42.4. The van der Waals surface area contributed by atoms with E-state index < -0.39 is 5.97 Å². The number of carbonyl (C=O) groups excluding carboxylic acids is 2. The van der Waals surface area contributed by atoms with Crippen LogP contribution in [0.4, 0.5) is 5.69 Å². The molecule has 2 aromatic carbocycles. The van der Waals surface area contributed by atoms with E-state index in [2.05, 4.69) is 29.2 Å². The molecule has 9 heteroatoms. The van der Waals surface area contributed by atoms with Crippen LogP contribution in [-0.2, 0) is 17.8 Å². The van der Waals surface area contributed by atoms with Crippen LogP contribution in [0.2, 0.25) is 0 Å². The average molecular weight is 477 g/mol. The lowest BCUT2D eigenvalue weighted by Gasteiger charge is -2.09. The Bertz CT molecular complexity index is 1420. The van der Waals surface area contributed by atoms with Crippen molar-refractivity contribution in [2.24, 2.45) is 5.92 Å². The summed E-state index contributed by atoms with van der Waals surface area (Å²) in [5, 5.41) is 7.95. The second-order valence-corrected chi connectivity index (χ2v) is 9.34. The summed E-state index contributed by atoms with van der Waals surface area (Å²) < 4.78 is 6.65. The number of rotatable bonds is 7. The van der Waals surface area contributed by atoms with E-state index in [1.165, 1.54) is 21.9 Å². The summed E-state index contributed by atoms with van der Waals surface area (Å²) in [6.07, 6.45) is 0.758. The first-order valence-corrected chi connectivity index (χ1v) is 11.6. The Balaban J connectivity index is 1.44. The number of fused-ring (bicyclic) bond motifs is 1. The van der Waals surface area contributed by atoms with Gasteiger partial charge in [-0.05, 0) is 42.7 Å². The van der Waals surface area contributed by atoms with Crippen LogP contribution in [0.1, 0.15) is 50.8 Å². The Morgan fingerprint density at radius 1 is 1.12 bits per heavy atom. The van der Waals surface area contributed by atoms with Crippen LogP contribution in [0.15, 0.2) is 59.4 Å². The number of esters is 1. The Labute approximate surface area is 200 Å². The molecule has 0 radical (unpaired) electrons. The molecule has 2 aromatic heterocycles. The highest BCUT2D eigenvalue weighted by molar-refractivity contribution is 7.16. The van der Waals surface area contributed by atoms with E-state index >= 15 is 0 Å². The lowest BCUT2D eigenvalue weighted by atomic mass is 10.1. The molecular weight excluding hydrogens is 452 g/mol. The molecule has 0 fully saturated rings. The van der Waals surface area contributed by atoms with E-state index in [4.69, 9.17) is 4.74 Å². The van der Waals surface area contributed by atoms with Gasteiger partial charge >= 0.3 is 5.97 Å². The summed E-state index contributed by atoms with van der Waals surface area (Å²) in [5.74, 6) is -0.435. The van der Waals surface area contributed by atoms with Crippen molar-refractivity contribution in [1.29, 1.82) is 0 Å². The van der Waals surface area contributed by atoms with Gasteiger partial charge in [0.1, 0.15) is 11.6 Å². The molecule has 0 atom stereocenters. The van der Waals surface area contributed by atoms with Gasteiger partial charge in [0.2, 0.25) is 4.96 Å². The highest BCUT2D eigenvalue weighted by Crippen LogP contribution is 2.17. The molecule has 8 nitrogen and oxygen atoms in total. The molecule has 2 heterocycles. The molecule has 0 saturated heterocycles. The summed E-state index contributed by atoms with van der Waals surface area (Å²) in [7, 11) is 0. The molecule has 1 amide bonds. The molecule has 174 valence electrons. The maximum atomic E-state index is 12.6. The van der Waals surface area contributed by atoms with Crippen LogP contribution in [0.5, 0.6) is 0 Å². The van der Waals surface area contributed by atoms with E-state index in [0.29, 0.717) is 27.8 Å². The van der Waals surface area contributed by atoms with Crippen LogP contribution in [-0.4, -0.2) is 26.5 Å². The molecule has 4 aromatic rings. The minimum Gasteiger partial charge on any atom is -0.456 e. The third-order valence-corrected chi connectivity index (χ3v) is 5.95. The molecule has 34 heavy (non-hydrogen) atoms. The maximum Gasteiger partial charge on any atom is 0.338 e. The van der Waals surface area contributed by atoms with E-state index in [9.17, 15) is 14.4 Å². The second-order valence-electron chi connectivity index (χ2n) is 8.30. The first-order valence-electron chi connectivity index (χ1n) is 10.8. The van der Waals surface area contributed by atoms with Gasteiger partial charge in [0.05, 0.1) is 11.3 Å². The topological polar surface area (TPSA) is 103 Å². The summed E-state index contributed by atoms with van der Waals surface area (Å²) >= 11 is 1.35. The lowest BCUT2D eigenvalue weighted by molar-refractivity contribution is 0.0467. The third kappa shape index (κ3) is 5.37. The number of ether oxygens (including phenoxy) is 1. The largest absolute Gasteiger partial charge is 0.456 e. The van der Waals surface area contributed by atoms with Gasteiger partial charge in [0.15, 0.2) is 0 Å². The zero-order chi connectivity index (χ0) is 24.2. The minimum atomic E-state index is -0.584. The molecule has 0 bridgehead atoms. The van der Waals surface area contributed by atoms with Crippen molar-refractivity contribution < 1.29 is 14.3 Å². The van der Waals surface area contributed by atoms with Crippen molar-refractivity contribution in [3.63, 3.8) is 0 Å². The smallest absolute Gasteiger partial charge is 0.338 e. The number of benzene rings is 2. The molecule has 0 aliphatic rings. The van der Waals surface area contributed by atoms with Gasteiger partial charge in [-0.25, -0.2) is 9.78 Å². The van der Waals surface area contributed by atoms with Crippen molar-refractivity contribution in [2.45, 2.75) is 33.8 Å². The number of anilines is 1. The highest BCUT2D eigenvalue weighted by atomic mass is 32.1. The lowest BCUT2D eigenvalue weighted by Crippen LogP contribution is -2.17. The molecule has 0 unspecified atom stereocenters. The number of aryl methyl sites for hydroxylation is 1. The van der Waals surface area contributed by atoms with Crippen molar-refractivity contribution in [2.75, 3.05) is 5.32 Å². The Morgan fingerprint density at radius 2 is 1.91 bits per heavy atom. The summed E-state index contributed by atoms with van der Waals surface area (Å²) in [6, 6.07) is 15.1. The van der Waals surface area contributed by atoms with E-state index in [1.54, 1.807) is 36.4 Å². The number of amides is 1. The van der Waals surface area contributed by atoms with E-state index in [1.807, 2.05) is 19.1 Å². The number of aromatic nitrogens is 3. The molecule has 1 N–H and O–H groups in total. The molecule has 0 saturated carbocycles. The van der Waals surface area contributed by atoms with Gasteiger partial charge in [-0.15, -0.1) is 0 Å². The zero-order valence-electron chi connectivity index (χ0n) is 19.1. The van der Waals surface area contributed by atoms with Crippen LogP contribution in [0.25, 0.3) is 4.96 Å². The number of carbonyl (C=O) groups is 2. The predicted molar refractivity (Wildman–Crippen MR) is 130 cm³/mol. The van der Waals surface area contributed by atoms with Crippen LogP contribution in [0.3, 0.4) is 0 Å². The number of hydrogen-bond donors (Lipinski definition) is 1. The molecular formula is C25H24N4O4S. The summed E-state index contributed by atoms with van der Waals surface area (Å²) in [5.41, 5.74) is 2.20. The molecule has 0 aliphatic heterocycles. The van der Waals surface area contributed by atoms with Gasteiger partial charge in [0.25, 0.3) is 11.5 Å². The fourth-order valence-electron chi connectivity index (χ4n) is 3.37. The Kier molecular flexibility index (Phi) is 6.83. The van der Waals surface area contributed by atoms with Gasteiger partial charge in [-0.2, -0.15) is 9.61 Å². The van der Waals surface area contributed by atoms with E-state index in [0.717, 1.165) is 17.0 Å². The molecule has 0 spiro atoms. The normalized spacial score (nSPS) is 11.1. The minimum absolute atomic E-state index is 0.151.